The Labute approximate surface area is 124 Å². The molecule has 0 aliphatic carbocycles. The van der Waals surface area contributed by atoms with Crippen LogP contribution in [0.4, 0.5) is 8.78 Å². The zero-order valence-corrected chi connectivity index (χ0v) is 12.2. The van der Waals surface area contributed by atoms with Crippen molar-refractivity contribution in [3.8, 4) is 11.3 Å². The number of hydrogen-bond donors (Lipinski definition) is 0. The lowest BCUT2D eigenvalue weighted by Crippen LogP contribution is -2.22. The first-order chi connectivity index (χ1) is 9.88. The first kappa shape index (κ1) is 15.3. The van der Waals surface area contributed by atoms with Crippen molar-refractivity contribution in [1.29, 1.82) is 0 Å². The number of allylic oxidation sites excluding steroid dienone is 2. The highest BCUT2D eigenvalue weighted by Gasteiger charge is 2.13. The second kappa shape index (κ2) is 6.13. The van der Waals surface area contributed by atoms with Crippen LogP contribution in [0.3, 0.4) is 0 Å². The molecule has 0 spiro atoms. The molecule has 0 radical (unpaired) electrons. The van der Waals surface area contributed by atoms with Gasteiger partial charge < -0.3 is 4.57 Å². The summed E-state index contributed by atoms with van der Waals surface area (Å²) in [7, 11) is 0. The summed E-state index contributed by atoms with van der Waals surface area (Å²) >= 11 is 5.62. The summed E-state index contributed by atoms with van der Waals surface area (Å²) in [6.07, 6.45) is 3.99. The Kier molecular flexibility index (Phi) is 4.47. The zero-order chi connectivity index (χ0) is 15.6. The fourth-order valence-corrected chi connectivity index (χ4v) is 1.83. The largest absolute Gasteiger partial charge is 0.309 e. The molecule has 7 heteroatoms. The molecule has 0 amide bonds. The Hall–Kier alpha value is -2.08. The summed E-state index contributed by atoms with van der Waals surface area (Å²) in [6, 6.07) is 0.934. The second-order valence-corrected chi connectivity index (χ2v) is 4.99. The number of halogens is 3. The Morgan fingerprint density at radius 1 is 1.38 bits per heavy atom. The number of aromatic nitrogens is 3. The molecule has 0 fully saturated rings. The van der Waals surface area contributed by atoms with Crippen LogP contribution in [-0.2, 0) is 6.54 Å². The third kappa shape index (κ3) is 3.52. The standard InChI is InChI=1S/C14H12ClF2N3O/c1-8(2)3-4-20-7-9(5-10(16)13(20)21)12-11(17)6-18-14(15)19-12/h3,5-7H,4H2,1-2H3. The highest BCUT2D eigenvalue weighted by molar-refractivity contribution is 6.28. The van der Waals surface area contributed by atoms with E-state index in [0.29, 0.717) is 0 Å². The van der Waals surface area contributed by atoms with Gasteiger partial charge in [-0.25, -0.2) is 18.7 Å². The van der Waals surface area contributed by atoms with Gasteiger partial charge in [-0.2, -0.15) is 0 Å². The molecule has 0 saturated carbocycles. The van der Waals surface area contributed by atoms with Crippen molar-refractivity contribution in [2.75, 3.05) is 0 Å². The molecule has 0 saturated heterocycles. The lowest BCUT2D eigenvalue weighted by molar-refractivity contribution is 0.581. The Morgan fingerprint density at radius 3 is 2.76 bits per heavy atom. The average Bonchev–Trinajstić information content (AvgIpc) is 2.43. The van der Waals surface area contributed by atoms with Gasteiger partial charge in [-0.05, 0) is 31.5 Å². The Balaban J connectivity index is 2.58. The van der Waals surface area contributed by atoms with Crippen molar-refractivity contribution in [2.45, 2.75) is 20.4 Å². The highest BCUT2D eigenvalue weighted by atomic mass is 35.5. The molecule has 110 valence electrons. The van der Waals surface area contributed by atoms with Gasteiger partial charge in [-0.1, -0.05) is 11.6 Å². The predicted octanol–water partition coefficient (Wildman–Crippen LogP) is 3.20. The molecule has 0 bridgehead atoms. The first-order valence-electron chi connectivity index (χ1n) is 6.10. The van der Waals surface area contributed by atoms with Gasteiger partial charge in [0.2, 0.25) is 5.28 Å². The molecule has 0 N–H and O–H groups in total. The van der Waals surface area contributed by atoms with Crippen molar-refractivity contribution < 1.29 is 8.78 Å². The van der Waals surface area contributed by atoms with Crippen LogP contribution in [0.25, 0.3) is 11.3 Å². The summed E-state index contributed by atoms with van der Waals surface area (Å²) in [5, 5.41) is -0.158. The monoisotopic (exact) mass is 311 g/mol. The van der Waals surface area contributed by atoms with Crippen molar-refractivity contribution in [2.24, 2.45) is 0 Å². The molecule has 0 atom stereocenters. The summed E-state index contributed by atoms with van der Waals surface area (Å²) < 4.78 is 28.6. The van der Waals surface area contributed by atoms with Crippen molar-refractivity contribution in [3.63, 3.8) is 0 Å². The molecule has 0 aliphatic heterocycles. The SMILES string of the molecule is CC(C)=CCn1cc(-c2nc(Cl)ncc2F)cc(F)c1=O. The third-order valence-corrected chi connectivity index (χ3v) is 2.91. The fourth-order valence-electron chi connectivity index (χ4n) is 1.69. The van der Waals surface area contributed by atoms with E-state index in [-0.39, 0.29) is 23.1 Å². The number of nitrogens with zero attached hydrogens (tertiary/aromatic N) is 3. The van der Waals surface area contributed by atoms with Gasteiger partial charge in [-0.3, -0.25) is 4.79 Å². The van der Waals surface area contributed by atoms with Crippen LogP contribution in [-0.4, -0.2) is 14.5 Å². The maximum absolute atomic E-state index is 13.7. The molecule has 2 heterocycles. The van der Waals surface area contributed by atoms with Gasteiger partial charge in [0.25, 0.3) is 5.56 Å². The van der Waals surface area contributed by atoms with Gasteiger partial charge in [0.1, 0.15) is 5.69 Å². The maximum atomic E-state index is 13.7. The van der Waals surface area contributed by atoms with E-state index < -0.39 is 17.2 Å². The molecule has 0 aromatic carbocycles. The Bertz CT molecular complexity index is 767. The molecule has 2 aromatic heterocycles. The van der Waals surface area contributed by atoms with Crippen LogP contribution in [0.2, 0.25) is 5.28 Å². The van der Waals surface area contributed by atoms with Crippen LogP contribution in [0.5, 0.6) is 0 Å². The first-order valence-corrected chi connectivity index (χ1v) is 6.48. The highest BCUT2D eigenvalue weighted by Crippen LogP contribution is 2.21. The quantitative estimate of drug-likeness (QED) is 0.646. The maximum Gasteiger partial charge on any atom is 0.286 e. The molecule has 2 rings (SSSR count). The second-order valence-electron chi connectivity index (χ2n) is 4.65. The number of pyridine rings is 1. The number of rotatable bonds is 3. The summed E-state index contributed by atoms with van der Waals surface area (Å²) in [5.41, 5.74) is 0.164. The van der Waals surface area contributed by atoms with Crippen molar-refractivity contribution >= 4 is 11.6 Å². The van der Waals surface area contributed by atoms with Crippen LogP contribution < -0.4 is 5.56 Å². The lowest BCUT2D eigenvalue weighted by atomic mass is 10.2. The zero-order valence-electron chi connectivity index (χ0n) is 11.4. The van der Waals surface area contributed by atoms with E-state index in [1.165, 1.54) is 6.20 Å². The molecule has 0 aliphatic rings. The van der Waals surface area contributed by atoms with E-state index >= 15 is 0 Å². The normalized spacial score (nSPS) is 10.5. The summed E-state index contributed by atoms with van der Waals surface area (Å²) in [4.78, 5) is 18.9. The van der Waals surface area contributed by atoms with Crippen LogP contribution >= 0.6 is 11.6 Å². The van der Waals surface area contributed by atoms with Crippen molar-refractivity contribution in [3.05, 3.63) is 57.4 Å². The minimum absolute atomic E-state index is 0.121. The predicted molar refractivity (Wildman–Crippen MR) is 76.1 cm³/mol. The minimum Gasteiger partial charge on any atom is -0.309 e. The topological polar surface area (TPSA) is 47.8 Å². The van der Waals surface area contributed by atoms with E-state index in [9.17, 15) is 13.6 Å². The lowest BCUT2D eigenvalue weighted by Gasteiger charge is -2.08. The average molecular weight is 312 g/mol. The van der Waals surface area contributed by atoms with E-state index in [2.05, 4.69) is 9.97 Å². The van der Waals surface area contributed by atoms with Gasteiger partial charge >= 0.3 is 0 Å². The Morgan fingerprint density at radius 2 is 2.10 bits per heavy atom. The molecule has 21 heavy (non-hydrogen) atoms. The van der Waals surface area contributed by atoms with Crippen LogP contribution in [0, 0.1) is 11.6 Å². The van der Waals surface area contributed by atoms with Gasteiger partial charge in [0.15, 0.2) is 11.6 Å². The summed E-state index contributed by atoms with van der Waals surface area (Å²) in [5.74, 6) is -1.73. The van der Waals surface area contributed by atoms with Gasteiger partial charge in [0, 0.05) is 18.3 Å². The van der Waals surface area contributed by atoms with Crippen molar-refractivity contribution in [1.82, 2.24) is 14.5 Å². The van der Waals surface area contributed by atoms with Gasteiger partial charge in [0.05, 0.1) is 6.20 Å². The molecule has 2 aromatic rings. The number of hydrogen-bond acceptors (Lipinski definition) is 3. The fraction of sp³-hybridized carbons (Fsp3) is 0.214. The van der Waals surface area contributed by atoms with E-state index in [1.807, 2.05) is 13.8 Å². The third-order valence-electron chi connectivity index (χ3n) is 2.73. The molecular formula is C14H12ClF2N3O. The minimum atomic E-state index is -0.983. The van der Waals surface area contributed by atoms with Crippen LogP contribution in [0.1, 0.15) is 13.8 Å². The molecule has 0 unspecified atom stereocenters. The van der Waals surface area contributed by atoms with Gasteiger partial charge in [-0.15, -0.1) is 0 Å². The summed E-state index contributed by atoms with van der Waals surface area (Å²) in [6.45, 7) is 3.90. The molecular weight excluding hydrogens is 300 g/mol. The van der Waals surface area contributed by atoms with E-state index in [0.717, 1.165) is 22.4 Å². The van der Waals surface area contributed by atoms with Crippen LogP contribution in [0.15, 0.2) is 34.9 Å². The molecule has 4 nitrogen and oxygen atoms in total. The smallest absolute Gasteiger partial charge is 0.286 e. The van der Waals surface area contributed by atoms with E-state index in [1.54, 1.807) is 6.08 Å². The van der Waals surface area contributed by atoms with E-state index in [4.69, 9.17) is 11.6 Å².